The SMILES string of the molecule is O=C(CCNS(=O)(=O)c1ccccc1)N1CCOC(c2ccccc2)C1. The first kappa shape index (κ1) is 18.6. The number of nitrogens with zero attached hydrogens (tertiary/aromatic N) is 1. The van der Waals surface area contributed by atoms with E-state index in [-0.39, 0.29) is 29.9 Å². The molecule has 1 atom stereocenters. The molecule has 2 aromatic carbocycles. The minimum absolute atomic E-state index is 0.0728. The zero-order valence-electron chi connectivity index (χ0n) is 14.4. The van der Waals surface area contributed by atoms with E-state index in [0.717, 1.165) is 5.56 Å². The highest BCUT2D eigenvalue weighted by molar-refractivity contribution is 7.89. The van der Waals surface area contributed by atoms with Gasteiger partial charge in [0, 0.05) is 19.5 Å². The lowest BCUT2D eigenvalue weighted by molar-refractivity contribution is -0.138. The first-order valence-electron chi connectivity index (χ1n) is 8.55. The summed E-state index contributed by atoms with van der Waals surface area (Å²) in [5.41, 5.74) is 1.04. The summed E-state index contributed by atoms with van der Waals surface area (Å²) < 4.78 is 32.6. The van der Waals surface area contributed by atoms with Gasteiger partial charge in [-0.05, 0) is 17.7 Å². The van der Waals surface area contributed by atoms with Gasteiger partial charge in [0.2, 0.25) is 15.9 Å². The van der Waals surface area contributed by atoms with Crippen molar-refractivity contribution in [3.63, 3.8) is 0 Å². The summed E-state index contributed by atoms with van der Waals surface area (Å²) in [7, 11) is -3.59. The molecule has 0 radical (unpaired) electrons. The first-order valence-corrected chi connectivity index (χ1v) is 10.0. The molecule has 26 heavy (non-hydrogen) atoms. The van der Waals surface area contributed by atoms with Crippen LogP contribution in [0.2, 0.25) is 0 Å². The predicted molar refractivity (Wildman–Crippen MR) is 98.0 cm³/mol. The van der Waals surface area contributed by atoms with Crippen molar-refractivity contribution < 1.29 is 17.9 Å². The zero-order valence-corrected chi connectivity index (χ0v) is 15.2. The maximum atomic E-state index is 12.4. The number of nitrogens with one attached hydrogen (secondary N) is 1. The molecule has 0 saturated carbocycles. The zero-order chi connectivity index (χ0) is 18.4. The van der Waals surface area contributed by atoms with Gasteiger partial charge in [0.25, 0.3) is 0 Å². The van der Waals surface area contributed by atoms with Gasteiger partial charge in [-0.3, -0.25) is 4.79 Å². The molecule has 7 heteroatoms. The summed E-state index contributed by atoms with van der Waals surface area (Å²) in [5, 5.41) is 0. The van der Waals surface area contributed by atoms with Crippen molar-refractivity contribution in [1.82, 2.24) is 9.62 Å². The highest BCUT2D eigenvalue weighted by atomic mass is 32.2. The maximum absolute atomic E-state index is 12.4. The van der Waals surface area contributed by atoms with Crippen LogP contribution in [0.25, 0.3) is 0 Å². The second-order valence-electron chi connectivity index (χ2n) is 6.07. The van der Waals surface area contributed by atoms with Gasteiger partial charge < -0.3 is 9.64 Å². The molecule has 6 nitrogen and oxygen atoms in total. The number of rotatable bonds is 6. The number of sulfonamides is 1. The highest BCUT2D eigenvalue weighted by Gasteiger charge is 2.25. The third-order valence-corrected chi connectivity index (χ3v) is 5.75. The molecule has 2 aromatic rings. The molecule has 1 N–H and O–H groups in total. The van der Waals surface area contributed by atoms with Gasteiger partial charge in [0.05, 0.1) is 18.0 Å². The molecule has 1 amide bonds. The van der Waals surface area contributed by atoms with E-state index >= 15 is 0 Å². The molecule has 1 saturated heterocycles. The standard InChI is InChI=1S/C19H22N2O4S/c22-19(11-12-20-26(23,24)17-9-5-2-6-10-17)21-13-14-25-18(15-21)16-7-3-1-4-8-16/h1-10,18,20H,11-15H2. The summed E-state index contributed by atoms with van der Waals surface area (Å²) in [5.74, 6) is -0.0787. The predicted octanol–water partition coefficient (Wildman–Crippen LogP) is 1.96. The number of ether oxygens (including phenoxy) is 1. The van der Waals surface area contributed by atoms with Gasteiger partial charge in [0.15, 0.2) is 0 Å². The number of amides is 1. The quantitative estimate of drug-likeness (QED) is 0.839. The Kier molecular flexibility index (Phi) is 6.03. The second kappa shape index (κ2) is 8.44. The smallest absolute Gasteiger partial charge is 0.240 e. The van der Waals surface area contributed by atoms with Crippen LogP contribution >= 0.6 is 0 Å². The maximum Gasteiger partial charge on any atom is 0.240 e. The third kappa shape index (κ3) is 4.69. The summed E-state index contributed by atoms with van der Waals surface area (Å²) in [6, 6.07) is 17.9. The van der Waals surface area contributed by atoms with E-state index in [1.807, 2.05) is 30.3 Å². The van der Waals surface area contributed by atoms with E-state index in [9.17, 15) is 13.2 Å². The summed E-state index contributed by atoms with van der Waals surface area (Å²) in [6.07, 6.45) is -0.0250. The van der Waals surface area contributed by atoms with E-state index in [1.54, 1.807) is 23.1 Å². The Morgan fingerprint density at radius 1 is 1.08 bits per heavy atom. The fourth-order valence-electron chi connectivity index (χ4n) is 2.88. The number of carbonyl (C=O) groups excluding carboxylic acids is 1. The Balaban J connectivity index is 1.52. The van der Waals surface area contributed by atoms with Crippen molar-refractivity contribution in [3.05, 3.63) is 66.2 Å². The topological polar surface area (TPSA) is 75.7 Å². The fraction of sp³-hybridized carbons (Fsp3) is 0.316. The van der Waals surface area contributed by atoms with Crippen molar-refractivity contribution in [1.29, 1.82) is 0 Å². The number of benzene rings is 2. The molecule has 1 aliphatic rings. The molecule has 0 aromatic heterocycles. The Bertz CT molecular complexity index is 825. The van der Waals surface area contributed by atoms with Crippen LogP contribution in [0.4, 0.5) is 0 Å². The average molecular weight is 374 g/mol. The average Bonchev–Trinajstić information content (AvgIpc) is 2.69. The number of hydrogen-bond acceptors (Lipinski definition) is 4. The summed E-state index contributed by atoms with van der Waals surface area (Å²) in [4.78, 5) is 14.4. The number of carbonyl (C=O) groups is 1. The number of morpholine rings is 1. The lowest BCUT2D eigenvalue weighted by Gasteiger charge is -2.33. The normalized spacial score (nSPS) is 17.8. The largest absolute Gasteiger partial charge is 0.370 e. The number of hydrogen-bond donors (Lipinski definition) is 1. The van der Waals surface area contributed by atoms with E-state index in [2.05, 4.69) is 4.72 Å². The molecule has 1 unspecified atom stereocenters. The highest BCUT2D eigenvalue weighted by Crippen LogP contribution is 2.22. The molecule has 1 fully saturated rings. The van der Waals surface area contributed by atoms with Gasteiger partial charge >= 0.3 is 0 Å². The van der Waals surface area contributed by atoms with Crippen LogP contribution in [0.15, 0.2) is 65.6 Å². The van der Waals surface area contributed by atoms with E-state index in [1.165, 1.54) is 12.1 Å². The van der Waals surface area contributed by atoms with Crippen molar-refractivity contribution in [2.45, 2.75) is 17.4 Å². The van der Waals surface area contributed by atoms with Crippen LogP contribution in [0.3, 0.4) is 0 Å². The minimum atomic E-state index is -3.59. The fourth-order valence-corrected chi connectivity index (χ4v) is 3.93. The van der Waals surface area contributed by atoms with Crippen LogP contribution in [0, 0.1) is 0 Å². The van der Waals surface area contributed by atoms with Crippen LogP contribution in [0.5, 0.6) is 0 Å². The molecule has 138 valence electrons. The van der Waals surface area contributed by atoms with Crippen LogP contribution in [0.1, 0.15) is 18.1 Å². The first-order chi connectivity index (χ1) is 12.6. The van der Waals surface area contributed by atoms with E-state index < -0.39 is 10.0 Å². The lowest BCUT2D eigenvalue weighted by atomic mass is 10.1. The van der Waals surface area contributed by atoms with E-state index in [0.29, 0.717) is 19.7 Å². The van der Waals surface area contributed by atoms with Crippen molar-refractivity contribution in [2.24, 2.45) is 0 Å². The van der Waals surface area contributed by atoms with Gasteiger partial charge in [-0.15, -0.1) is 0 Å². The van der Waals surface area contributed by atoms with Gasteiger partial charge in [-0.2, -0.15) is 0 Å². The summed E-state index contributed by atoms with van der Waals surface area (Å²) in [6.45, 7) is 1.55. The Labute approximate surface area is 153 Å². The summed E-state index contributed by atoms with van der Waals surface area (Å²) >= 11 is 0. The molecule has 1 aliphatic heterocycles. The lowest BCUT2D eigenvalue weighted by Crippen LogP contribution is -2.43. The van der Waals surface area contributed by atoms with Crippen LogP contribution < -0.4 is 4.72 Å². The molecular weight excluding hydrogens is 352 g/mol. The molecular formula is C19H22N2O4S. The molecule has 0 aliphatic carbocycles. The Morgan fingerprint density at radius 2 is 1.73 bits per heavy atom. The van der Waals surface area contributed by atoms with Gasteiger partial charge in [-0.25, -0.2) is 13.1 Å². The van der Waals surface area contributed by atoms with Crippen LogP contribution in [-0.2, 0) is 19.6 Å². The van der Waals surface area contributed by atoms with Crippen molar-refractivity contribution in [3.8, 4) is 0 Å². The second-order valence-corrected chi connectivity index (χ2v) is 7.84. The molecule has 3 rings (SSSR count). The van der Waals surface area contributed by atoms with Gasteiger partial charge in [-0.1, -0.05) is 48.5 Å². The molecule has 0 bridgehead atoms. The van der Waals surface area contributed by atoms with Crippen LogP contribution in [-0.4, -0.2) is 45.5 Å². The van der Waals surface area contributed by atoms with E-state index in [4.69, 9.17) is 4.74 Å². The van der Waals surface area contributed by atoms with Crippen molar-refractivity contribution in [2.75, 3.05) is 26.2 Å². The Hall–Kier alpha value is -2.22. The monoisotopic (exact) mass is 374 g/mol. The molecule has 0 spiro atoms. The molecule has 1 heterocycles. The van der Waals surface area contributed by atoms with Gasteiger partial charge in [0.1, 0.15) is 6.10 Å². The third-order valence-electron chi connectivity index (χ3n) is 4.27. The minimum Gasteiger partial charge on any atom is -0.370 e. The van der Waals surface area contributed by atoms with Crippen molar-refractivity contribution >= 4 is 15.9 Å². The Morgan fingerprint density at radius 3 is 2.42 bits per heavy atom.